The first-order valence-electron chi connectivity index (χ1n) is 11.1. The molecule has 2 aliphatic rings. The first kappa shape index (κ1) is 22.2. The Morgan fingerprint density at radius 2 is 1.86 bits per heavy atom. The SMILES string of the molecule is CC(C)(C)CCN1CCC(CNC(=O)C2(c3ccc(F)cc3)CCCC2)C(F)C1. The molecule has 0 aromatic heterocycles. The van der Waals surface area contributed by atoms with Crippen LogP contribution in [0.2, 0.25) is 0 Å². The molecule has 1 amide bonds. The van der Waals surface area contributed by atoms with E-state index in [1.165, 1.54) is 12.1 Å². The molecule has 2 unspecified atom stereocenters. The zero-order valence-electron chi connectivity index (χ0n) is 18.1. The average Bonchev–Trinajstić information content (AvgIpc) is 3.16. The third kappa shape index (κ3) is 5.56. The number of carbonyl (C=O) groups is 1. The molecule has 1 aliphatic heterocycles. The van der Waals surface area contributed by atoms with Crippen molar-refractivity contribution < 1.29 is 13.6 Å². The number of likely N-dealkylation sites (tertiary alicyclic amines) is 1. The van der Waals surface area contributed by atoms with Gasteiger partial charge in [0.15, 0.2) is 0 Å². The van der Waals surface area contributed by atoms with Crippen LogP contribution < -0.4 is 5.32 Å². The minimum Gasteiger partial charge on any atom is -0.355 e. The number of halogens is 2. The van der Waals surface area contributed by atoms with Crippen LogP contribution in [0.25, 0.3) is 0 Å². The molecule has 1 saturated heterocycles. The number of amides is 1. The van der Waals surface area contributed by atoms with E-state index in [2.05, 4.69) is 31.0 Å². The second kappa shape index (κ2) is 9.11. The van der Waals surface area contributed by atoms with Gasteiger partial charge in [0, 0.05) is 19.0 Å². The molecule has 3 rings (SSSR count). The fraction of sp³-hybridized carbons (Fsp3) is 0.708. The van der Waals surface area contributed by atoms with Gasteiger partial charge in [-0.1, -0.05) is 45.7 Å². The van der Waals surface area contributed by atoms with Crippen molar-refractivity contribution in [3.63, 3.8) is 0 Å². The molecule has 29 heavy (non-hydrogen) atoms. The molecule has 0 spiro atoms. The summed E-state index contributed by atoms with van der Waals surface area (Å²) in [6.07, 6.45) is 4.44. The molecular formula is C24H36F2N2O. The third-order valence-electron chi connectivity index (χ3n) is 6.75. The Labute approximate surface area is 174 Å². The van der Waals surface area contributed by atoms with E-state index in [0.717, 1.165) is 57.2 Å². The van der Waals surface area contributed by atoms with Crippen LogP contribution in [0.1, 0.15) is 64.9 Å². The highest BCUT2D eigenvalue weighted by Gasteiger charge is 2.43. The molecule has 1 saturated carbocycles. The highest BCUT2D eigenvalue weighted by molar-refractivity contribution is 5.88. The van der Waals surface area contributed by atoms with E-state index in [9.17, 15) is 13.6 Å². The summed E-state index contributed by atoms with van der Waals surface area (Å²) >= 11 is 0. The summed E-state index contributed by atoms with van der Waals surface area (Å²) in [5.41, 5.74) is 0.544. The molecule has 5 heteroatoms. The van der Waals surface area contributed by atoms with Gasteiger partial charge in [-0.05, 0) is 61.9 Å². The lowest BCUT2D eigenvalue weighted by atomic mass is 9.77. The number of nitrogens with zero attached hydrogens (tertiary/aromatic N) is 1. The lowest BCUT2D eigenvalue weighted by Crippen LogP contribution is -2.49. The highest BCUT2D eigenvalue weighted by Crippen LogP contribution is 2.41. The zero-order valence-corrected chi connectivity index (χ0v) is 18.1. The number of nitrogens with one attached hydrogen (secondary N) is 1. The molecule has 3 nitrogen and oxygen atoms in total. The normalized spacial score (nSPS) is 25.1. The first-order chi connectivity index (χ1) is 13.7. The van der Waals surface area contributed by atoms with Crippen LogP contribution in [0.3, 0.4) is 0 Å². The van der Waals surface area contributed by atoms with Crippen LogP contribution in [-0.2, 0) is 10.2 Å². The molecule has 2 atom stereocenters. The Bertz CT molecular complexity index is 677. The summed E-state index contributed by atoms with van der Waals surface area (Å²) in [6, 6.07) is 6.30. The van der Waals surface area contributed by atoms with Crippen molar-refractivity contribution in [1.82, 2.24) is 10.2 Å². The quantitative estimate of drug-likeness (QED) is 0.732. The van der Waals surface area contributed by atoms with Crippen LogP contribution in [-0.4, -0.2) is 43.2 Å². The summed E-state index contributed by atoms with van der Waals surface area (Å²) in [4.78, 5) is 15.4. The van der Waals surface area contributed by atoms with Crippen molar-refractivity contribution in [2.45, 2.75) is 70.9 Å². The second-order valence-electron chi connectivity index (χ2n) is 10.2. The fourth-order valence-electron chi connectivity index (χ4n) is 4.73. The van der Waals surface area contributed by atoms with Crippen molar-refractivity contribution >= 4 is 5.91 Å². The van der Waals surface area contributed by atoms with Gasteiger partial charge in [0.1, 0.15) is 12.0 Å². The molecule has 1 aromatic carbocycles. The Hall–Kier alpha value is -1.49. The Balaban J connectivity index is 1.55. The van der Waals surface area contributed by atoms with E-state index in [1.807, 2.05) is 0 Å². The average molecular weight is 407 g/mol. The van der Waals surface area contributed by atoms with Gasteiger partial charge in [0.05, 0.1) is 5.41 Å². The molecule has 1 heterocycles. The van der Waals surface area contributed by atoms with Crippen molar-refractivity contribution in [3.05, 3.63) is 35.6 Å². The molecule has 162 valence electrons. The van der Waals surface area contributed by atoms with Crippen LogP contribution in [0, 0.1) is 17.2 Å². The fourth-order valence-corrected chi connectivity index (χ4v) is 4.73. The smallest absolute Gasteiger partial charge is 0.230 e. The summed E-state index contributed by atoms with van der Waals surface area (Å²) in [5, 5.41) is 3.06. The molecule has 1 aromatic rings. The standard InChI is InChI=1S/C24H36F2N2O/c1-23(2,3)13-15-28-14-10-18(21(26)17-28)16-27-22(29)24(11-4-5-12-24)19-6-8-20(25)9-7-19/h6-9,18,21H,4-5,10-17H2,1-3H3,(H,27,29). The molecular weight excluding hydrogens is 370 g/mol. The second-order valence-corrected chi connectivity index (χ2v) is 10.2. The van der Waals surface area contributed by atoms with E-state index < -0.39 is 11.6 Å². The Morgan fingerprint density at radius 1 is 1.21 bits per heavy atom. The topological polar surface area (TPSA) is 32.3 Å². The van der Waals surface area contributed by atoms with Crippen LogP contribution >= 0.6 is 0 Å². The zero-order chi connectivity index (χ0) is 21.1. The lowest BCUT2D eigenvalue weighted by molar-refractivity contribution is -0.127. The Kier molecular flexibility index (Phi) is 6.98. The van der Waals surface area contributed by atoms with Gasteiger partial charge >= 0.3 is 0 Å². The minimum atomic E-state index is -0.908. The van der Waals surface area contributed by atoms with E-state index in [-0.39, 0.29) is 23.1 Å². The van der Waals surface area contributed by atoms with Crippen molar-refractivity contribution in [3.8, 4) is 0 Å². The van der Waals surface area contributed by atoms with E-state index in [1.54, 1.807) is 12.1 Å². The number of rotatable bonds is 6. The summed E-state index contributed by atoms with van der Waals surface area (Å²) in [7, 11) is 0. The number of carbonyl (C=O) groups excluding carboxylic acids is 1. The number of hydrogen-bond donors (Lipinski definition) is 1. The van der Waals surface area contributed by atoms with Gasteiger partial charge in [-0.15, -0.1) is 0 Å². The van der Waals surface area contributed by atoms with E-state index in [4.69, 9.17) is 0 Å². The highest BCUT2D eigenvalue weighted by atomic mass is 19.1. The largest absolute Gasteiger partial charge is 0.355 e. The van der Waals surface area contributed by atoms with Gasteiger partial charge in [-0.2, -0.15) is 0 Å². The molecule has 0 radical (unpaired) electrons. The number of alkyl halides is 1. The monoisotopic (exact) mass is 406 g/mol. The van der Waals surface area contributed by atoms with Gasteiger partial charge < -0.3 is 10.2 Å². The predicted octanol–water partition coefficient (Wildman–Crippen LogP) is 4.85. The number of hydrogen-bond acceptors (Lipinski definition) is 2. The number of benzene rings is 1. The van der Waals surface area contributed by atoms with Crippen LogP contribution in [0.5, 0.6) is 0 Å². The van der Waals surface area contributed by atoms with Gasteiger partial charge in [-0.25, -0.2) is 8.78 Å². The molecule has 1 N–H and O–H groups in total. The van der Waals surface area contributed by atoms with Crippen LogP contribution in [0.15, 0.2) is 24.3 Å². The van der Waals surface area contributed by atoms with Gasteiger partial charge in [0.25, 0.3) is 0 Å². The van der Waals surface area contributed by atoms with E-state index in [0.29, 0.717) is 13.1 Å². The molecule has 1 aliphatic carbocycles. The van der Waals surface area contributed by atoms with Crippen molar-refractivity contribution in [1.29, 1.82) is 0 Å². The summed E-state index contributed by atoms with van der Waals surface area (Å²) in [6.45, 7) is 9.29. The lowest BCUT2D eigenvalue weighted by Gasteiger charge is -2.36. The maximum absolute atomic E-state index is 14.8. The van der Waals surface area contributed by atoms with Crippen LogP contribution in [0.4, 0.5) is 8.78 Å². The Morgan fingerprint density at radius 3 is 2.45 bits per heavy atom. The van der Waals surface area contributed by atoms with Crippen molar-refractivity contribution in [2.24, 2.45) is 11.3 Å². The van der Waals surface area contributed by atoms with Gasteiger partial charge in [-0.3, -0.25) is 4.79 Å². The molecule has 2 fully saturated rings. The maximum atomic E-state index is 14.8. The third-order valence-corrected chi connectivity index (χ3v) is 6.75. The minimum absolute atomic E-state index is 0.0241. The first-order valence-corrected chi connectivity index (χ1v) is 11.1. The number of piperidine rings is 1. The van der Waals surface area contributed by atoms with Crippen molar-refractivity contribution in [2.75, 3.05) is 26.2 Å². The molecule has 0 bridgehead atoms. The summed E-state index contributed by atoms with van der Waals surface area (Å²) in [5.74, 6) is -0.443. The predicted molar refractivity (Wildman–Crippen MR) is 113 cm³/mol. The summed E-state index contributed by atoms with van der Waals surface area (Å²) < 4.78 is 28.1. The maximum Gasteiger partial charge on any atom is 0.230 e. The van der Waals surface area contributed by atoms with Gasteiger partial charge in [0.2, 0.25) is 5.91 Å². The van der Waals surface area contributed by atoms with E-state index >= 15 is 0 Å².